The van der Waals surface area contributed by atoms with E-state index in [2.05, 4.69) is 0 Å². The zero-order valence-electron chi connectivity index (χ0n) is 10.7. The molecule has 1 aromatic rings. The molecule has 0 N–H and O–H groups in total. The first-order chi connectivity index (χ1) is 8.91. The molecule has 0 aromatic heterocycles. The topological polar surface area (TPSA) is 40.6 Å². The fourth-order valence-corrected chi connectivity index (χ4v) is 2.36. The number of carbonyl (C=O) groups is 2. The minimum Gasteiger partial charge on any atom is -0.309 e. The summed E-state index contributed by atoms with van der Waals surface area (Å²) in [6.45, 7) is 1.22. The van der Waals surface area contributed by atoms with Gasteiger partial charge in [-0.2, -0.15) is 0 Å². The number of hydrogen-bond donors (Lipinski definition) is 0. The van der Waals surface area contributed by atoms with Crippen LogP contribution < -0.4 is 0 Å². The summed E-state index contributed by atoms with van der Waals surface area (Å²) in [5.74, 6) is -0.588. The number of fused-ring (bicyclic) bond motifs is 1. The van der Waals surface area contributed by atoms with E-state index >= 15 is 0 Å². The van der Waals surface area contributed by atoms with E-state index in [-0.39, 0.29) is 21.9 Å². The molecule has 0 atom stereocenters. The molecule has 0 fully saturated rings. The second kappa shape index (κ2) is 5.49. The minimum atomic E-state index is -0.294. The molecule has 2 rings (SSSR count). The predicted molar refractivity (Wildman–Crippen MR) is 75.0 cm³/mol. The molecule has 1 aliphatic heterocycles. The molecule has 2 amide bonds. The maximum absolute atomic E-state index is 12.1. The van der Waals surface area contributed by atoms with Crippen LogP contribution in [0, 0.1) is 0 Å². The first-order valence-electron chi connectivity index (χ1n) is 5.92. The van der Waals surface area contributed by atoms with Crippen molar-refractivity contribution >= 4 is 35.0 Å². The van der Waals surface area contributed by atoms with Gasteiger partial charge in [0.05, 0.1) is 21.2 Å². The van der Waals surface area contributed by atoms with Gasteiger partial charge in [0.15, 0.2) is 0 Å². The van der Waals surface area contributed by atoms with Gasteiger partial charge in [0.1, 0.15) is 0 Å². The van der Waals surface area contributed by atoms with Crippen molar-refractivity contribution in [2.75, 3.05) is 27.2 Å². The van der Waals surface area contributed by atoms with Crippen LogP contribution in [0.1, 0.15) is 27.1 Å². The molecule has 0 radical (unpaired) electrons. The molecule has 4 nitrogen and oxygen atoms in total. The molecular weight excluding hydrogens is 287 g/mol. The average Bonchev–Trinajstić information content (AvgIpc) is 2.55. The van der Waals surface area contributed by atoms with Crippen LogP contribution in [0.3, 0.4) is 0 Å². The highest BCUT2D eigenvalue weighted by Gasteiger charge is 2.35. The largest absolute Gasteiger partial charge is 0.309 e. The van der Waals surface area contributed by atoms with Crippen molar-refractivity contribution in [1.29, 1.82) is 0 Å². The van der Waals surface area contributed by atoms with Crippen molar-refractivity contribution < 1.29 is 9.59 Å². The van der Waals surface area contributed by atoms with Crippen LogP contribution in [0.4, 0.5) is 0 Å². The molecule has 0 aliphatic carbocycles. The summed E-state index contributed by atoms with van der Waals surface area (Å²) in [7, 11) is 3.89. The number of nitrogens with zero attached hydrogens (tertiary/aromatic N) is 2. The minimum absolute atomic E-state index is 0.289. The Bertz CT molecular complexity index is 503. The third kappa shape index (κ3) is 2.76. The lowest BCUT2D eigenvalue weighted by Gasteiger charge is -2.15. The van der Waals surface area contributed by atoms with E-state index in [0.717, 1.165) is 13.0 Å². The van der Waals surface area contributed by atoms with Crippen molar-refractivity contribution in [3.8, 4) is 0 Å². The highest BCUT2D eigenvalue weighted by atomic mass is 35.5. The SMILES string of the molecule is CN(C)CCCN1C(=O)c2cc(Cl)c(Cl)cc2C1=O. The molecule has 1 aliphatic rings. The van der Waals surface area contributed by atoms with Crippen LogP contribution in [0.2, 0.25) is 10.0 Å². The van der Waals surface area contributed by atoms with Gasteiger partial charge in [-0.15, -0.1) is 0 Å². The summed E-state index contributed by atoms with van der Waals surface area (Å²) in [4.78, 5) is 27.5. The predicted octanol–water partition coefficient (Wildman–Crippen LogP) is 2.54. The third-order valence-electron chi connectivity index (χ3n) is 3.00. The summed E-state index contributed by atoms with van der Waals surface area (Å²) in [5, 5.41) is 0.577. The molecule has 102 valence electrons. The van der Waals surface area contributed by atoms with Gasteiger partial charge in [0.25, 0.3) is 11.8 Å². The van der Waals surface area contributed by atoms with Crippen LogP contribution in [0.25, 0.3) is 0 Å². The fourth-order valence-electron chi connectivity index (χ4n) is 2.03. The Labute approximate surface area is 121 Å². The fraction of sp³-hybridized carbons (Fsp3) is 0.385. The summed E-state index contributed by atoms with van der Waals surface area (Å²) in [5.41, 5.74) is 0.675. The molecular formula is C13H14Cl2N2O2. The van der Waals surface area contributed by atoms with Crippen molar-refractivity contribution in [1.82, 2.24) is 9.80 Å². The number of imide groups is 1. The highest BCUT2D eigenvalue weighted by Crippen LogP contribution is 2.31. The van der Waals surface area contributed by atoms with Crippen molar-refractivity contribution in [2.45, 2.75) is 6.42 Å². The molecule has 0 saturated heterocycles. The van der Waals surface area contributed by atoms with Gasteiger partial charge in [0, 0.05) is 6.54 Å². The molecule has 0 bridgehead atoms. The first-order valence-corrected chi connectivity index (χ1v) is 6.67. The van der Waals surface area contributed by atoms with Crippen molar-refractivity contribution in [3.05, 3.63) is 33.3 Å². The first kappa shape index (κ1) is 14.3. The van der Waals surface area contributed by atoms with Crippen LogP contribution in [-0.4, -0.2) is 48.8 Å². The van der Waals surface area contributed by atoms with E-state index in [9.17, 15) is 9.59 Å². The normalized spacial score (nSPS) is 14.5. The number of hydrogen-bond acceptors (Lipinski definition) is 3. The molecule has 1 heterocycles. The maximum atomic E-state index is 12.1. The zero-order valence-corrected chi connectivity index (χ0v) is 12.3. The molecule has 0 saturated carbocycles. The van der Waals surface area contributed by atoms with Gasteiger partial charge in [-0.05, 0) is 39.2 Å². The zero-order chi connectivity index (χ0) is 14.2. The Morgan fingerprint density at radius 1 is 1.05 bits per heavy atom. The van der Waals surface area contributed by atoms with E-state index in [1.54, 1.807) is 0 Å². The van der Waals surface area contributed by atoms with Crippen LogP contribution in [0.5, 0.6) is 0 Å². The number of benzene rings is 1. The second-order valence-electron chi connectivity index (χ2n) is 4.73. The summed E-state index contributed by atoms with van der Waals surface area (Å²) in [6.07, 6.45) is 0.736. The monoisotopic (exact) mass is 300 g/mol. The Morgan fingerprint density at radius 3 is 1.95 bits per heavy atom. The standard InChI is InChI=1S/C13H14Cl2N2O2/c1-16(2)4-3-5-17-12(18)8-6-10(14)11(15)7-9(8)13(17)19/h6-7H,3-5H2,1-2H3. The summed E-state index contributed by atoms with van der Waals surface area (Å²) < 4.78 is 0. The molecule has 0 spiro atoms. The van der Waals surface area contributed by atoms with E-state index in [0.29, 0.717) is 17.7 Å². The Morgan fingerprint density at radius 2 is 1.53 bits per heavy atom. The van der Waals surface area contributed by atoms with E-state index < -0.39 is 0 Å². The quantitative estimate of drug-likeness (QED) is 0.802. The molecule has 0 unspecified atom stereocenters. The Balaban J connectivity index is 2.19. The van der Waals surface area contributed by atoms with E-state index in [4.69, 9.17) is 23.2 Å². The highest BCUT2D eigenvalue weighted by molar-refractivity contribution is 6.43. The van der Waals surface area contributed by atoms with Gasteiger partial charge in [-0.1, -0.05) is 23.2 Å². The lowest BCUT2D eigenvalue weighted by atomic mass is 10.1. The van der Waals surface area contributed by atoms with Gasteiger partial charge in [0.2, 0.25) is 0 Å². The molecule has 6 heteroatoms. The average molecular weight is 301 g/mol. The number of amides is 2. The number of carbonyl (C=O) groups excluding carboxylic acids is 2. The van der Waals surface area contributed by atoms with E-state index in [1.807, 2.05) is 19.0 Å². The van der Waals surface area contributed by atoms with Gasteiger partial charge in [-0.3, -0.25) is 14.5 Å². The van der Waals surface area contributed by atoms with Crippen LogP contribution in [-0.2, 0) is 0 Å². The van der Waals surface area contributed by atoms with Crippen LogP contribution >= 0.6 is 23.2 Å². The molecule has 1 aromatic carbocycles. The molecule has 19 heavy (non-hydrogen) atoms. The lowest BCUT2D eigenvalue weighted by molar-refractivity contribution is 0.0649. The van der Waals surface area contributed by atoms with Gasteiger partial charge < -0.3 is 4.90 Å². The number of halogens is 2. The Kier molecular flexibility index (Phi) is 4.13. The second-order valence-corrected chi connectivity index (χ2v) is 5.55. The Hall–Kier alpha value is -1.10. The number of rotatable bonds is 4. The summed E-state index contributed by atoms with van der Waals surface area (Å²) >= 11 is 11.8. The van der Waals surface area contributed by atoms with E-state index in [1.165, 1.54) is 17.0 Å². The lowest BCUT2D eigenvalue weighted by Crippen LogP contribution is -2.32. The van der Waals surface area contributed by atoms with Crippen molar-refractivity contribution in [2.24, 2.45) is 0 Å². The van der Waals surface area contributed by atoms with Crippen LogP contribution in [0.15, 0.2) is 12.1 Å². The van der Waals surface area contributed by atoms with Crippen molar-refractivity contribution in [3.63, 3.8) is 0 Å². The third-order valence-corrected chi connectivity index (χ3v) is 3.72. The van der Waals surface area contributed by atoms with Gasteiger partial charge in [-0.25, -0.2) is 0 Å². The summed E-state index contributed by atoms with van der Waals surface area (Å²) in [6, 6.07) is 2.93. The van der Waals surface area contributed by atoms with Gasteiger partial charge >= 0.3 is 0 Å². The smallest absolute Gasteiger partial charge is 0.261 e. The maximum Gasteiger partial charge on any atom is 0.261 e.